The third-order valence-electron chi connectivity index (χ3n) is 2.25. The molecule has 1 aromatic rings. The zero-order chi connectivity index (χ0) is 12.2. The Balaban J connectivity index is 2.57. The average Bonchev–Trinajstić information content (AvgIpc) is 2.64. The third kappa shape index (κ3) is 3.19. The molecular formula is C8H17N5O2S. The first-order valence-corrected chi connectivity index (χ1v) is 6.42. The topological polar surface area (TPSA) is 104 Å². The Kier molecular flexibility index (Phi) is 4.27. The maximum Gasteiger partial charge on any atom is 0.245 e. The number of rotatable bonds is 6. The number of nitrogens with zero attached hydrogens (tertiary/aromatic N) is 2. The first-order valence-electron chi connectivity index (χ1n) is 4.94. The highest BCUT2D eigenvalue weighted by Crippen LogP contribution is 2.12. The summed E-state index contributed by atoms with van der Waals surface area (Å²) in [4.78, 5) is 1.99. The largest absolute Gasteiger partial charge is 0.383 e. The van der Waals surface area contributed by atoms with Gasteiger partial charge in [-0.3, -0.25) is 5.10 Å². The number of hydrogen-bond donors (Lipinski definition) is 3. The summed E-state index contributed by atoms with van der Waals surface area (Å²) >= 11 is 0. The summed E-state index contributed by atoms with van der Waals surface area (Å²) < 4.78 is 25.9. The van der Waals surface area contributed by atoms with Crippen LogP contribution >= 0.6 is 0 Å². The van der Waals surface area contributed by atoms with E-state index in [9.17, 15) is 8.42 Å². The molecule has 0 saturated heterocycles. The molecule has 0 atom stereocenters. The SMILES string of the molecule is CCN(C)CCNS(=O)(=O)c1cn[nH]c1N. The van der Waals surface area contributed by atoms with E-state index >= 15 is 0 Å². The molecule has 7 nitrogen and oxygen atoms in total. The van der Waals surface area contributed by atoms with Crippen LogP contribution in [-0.2, 0) is 10.0 Å². The number of sulfonamides is 1. The number of likely N-dealkylation sites (N-methyl/N-ethyl adjacent to an activating group) is 1. The average molecular weight is 247 g/mol. The van der Waals surface area contributed by atoms with Crippen LogP contribution in [0.25, 0.3) is 0 Å². The second-order valence-corrected chi connectivity index (χ2v) is 5.18. The lowest BCUT2D eigenvalue weighted by atomic mass is 10.5. The summed E-state index contributed by atoms with van der Waals surface area (Å²) in [6, 6.07) is 0. The number of nitrogens with one attached hydrogen (secondary N) is 2. The second kappa shape index (κ2) is 5.28. The fourth-order valence-corrected chi connectivity index (χ4v) is 2.15. The minimum atomic E-state index is -3.55. The normalized spacial score (nSPS) is 12.2. The van der Waals surface area contributed by atoms with Gasteiger partial charge in [0.2, 0.25) is 10.0 Å². The van der Waals surface area contributed by atoms with Crippen molar-refractivity contribution in [1.29, 1.82) is 0 Å². The highest BCUT2D eigenvalue weighted by molar-refractivity contribution is 7.89. The van der Waals surface area contributed by atoms with Gasteiger partial charge < -0.3 is 10.6 Å². The highest BCUT2D eigenvalue weighted by atomic mass is 32.2. The molecular weight excluding hydrogens is 230 g/mol. The predicted molar refractivity (Wildman–Crippen MR) is 61.4 cm³/mol. The van der Waals surface area contributed by atoms with Gasteiger partial charge in [0.05, 0.1) is 6.20 Å². The molecule has 0 amide bonds. The maximum absolute atomic E-state index is 11.7. The third-order valence-corrected chi connectivity index (χ3v) is 3.74. The number of hydrogen-bond acceptors (Lipinski definition) is 5. The van der Waals surface area contributed by atoms with E-state index in [2.05, 4.69) is 14.9 Å². The van der Waals surface area contributed by atoms with Gasteiger partial charge in [0, 0.05) is 13.1 Å². The fourth-order valence-electron chi connectivity index (χ4n) is 1.11. The van der Waals surface area contributed by atoms with Gasteiger partial charge in [0.25, 0.3) is 0 Å². The summed E-state index contributed by atoms with van der Waals surface area (Å²) in [7, 11) is -1.63. The molecule has 1 heterocycles. The van der Waals surface area contributed by atoms with E-state index in [4.69, 9.17) is 5.73 Å². The molecule has 1 aromatic heterocycles. The first kappa shape index (κ1) is 12.9. The Morgan fingerprint density at radius 3 is 2.81 bits per heavy atom. The van der Waals surface area contributed by atoms with Gasteiger partial charge in [0.15, 0.2) is 0 Å². The standard InChI is InChI=1S/C8H17N5O2S/c1-3-13(2)5-4-11-16(14,15)7-6-10-12-8(7)9/h6,11H,3-5H2,1-2H3,(H3,9,10,12). The predicted octanol–water partition coefficient (Wildman–Crippen LogP) is -0.778. The molecule has 92 valence electrons. The minimum Gasteiger partial charge on any atom is -0.383 e. The van der Waals surface area contributed by atoms with E-state index in [1.807, 2.05) is 18.9 Å². The molecule has 0 spiro atoms. The molecule has 1 rings (SSSR count). The number of nitrogen functional groups attached to an aromatic ring is 1. The van der Waals surface area contributed by atoms with E-state index < -0.39 is 10.0 Å². The number of aromatic amines is 1. The van der Waals surface area contributed by atoms with Crippen molar-refractivity contribution in [3.05, 3.63) is 6.20 Å². The van der Waals surface area contributed by atoms with Gasteiger partial charge >= 0.3 is 0 Å². The van der Waals surface area contributed by atoms with Gasteiger partial charge in [-0.2, -0.15) is 5.10 Å². The molecule has 0 aliphatic rings. The molecule has 0 bridgehead atoms. The van der Waals surface area contributed by atoms with Crippen molar-refractivity contribution in [2.24, 2.45) is 0 Å². The van der Waals surface area contributed by atoms with Crippen molar-refractivity contribution in [3.63, 3.8) is 0 Å². The van der Waals surface area contributed by atoms with Crippen LogP contribution < -0.4 is 10.5 Å². The van der Waals surface area contributed by atoms with Crippen molar-refractivity contribution in [1.82, 2.24) is 19.8 Å². The summed E-state index contributed by atoms with van der Waals surface area (Å²) in [5, 5.41) is 5.95. The maximum atomic E-state index is 11.7. The van der Waals surface area contributed by atoms with Gasteiger partial charge in [-0.25, -0.2) is 13.1 Å². The quantitative estimate of drug-likeness (QED) is 0.612. The Bertz CT molecular complexity index is 427. The number of nitrogens with two attached hydrogens (primary N) is 1. The van der Waals surface area contributed by atoms with Crippen LogP contribution in [0.4, 0.5) is 5.82 Å². The van der Waals surface area contributed by atoms with E-state index in [0.29, 0.717) is 13.1 Å². The van der Waals surface area contributed by atoms with Gasteiger partial charge in [-0.1, -0.05) is 6.92 Å². The van der Waals surface area contributed by atoms with Gasteiger partial charge in [-0.05, 0) is 13.6 Å². The molecule has 0 aliphatic carbocycles. The highest BCUT2D eigenvalue weighted by Gasteiger charge is 2.18. The summed E-state index contributed by atoms with van der Waals surface area (Å²) in [5.74, 6) is 0.0522. The lowest BCUT2D eigenvalue weighted by Gasteiger charge is -2.13. The molecule has 4 N–H and O–H groups in total. The van der Waals surface area contributed by atoms with Gasteiger partial charge in [0.1, 0.15) is 10.7 Å². The summed E-state index contributed by atoms with van der Waals surface area (Å²) in [6.45, 7) is 3.86. The summed E-state index contributed by atoms with van der Waals surface area (Å²) in [6.07, 6.45) is 1.20. The van der Waals surface area contributed by atoms with Crippen LogP contribution in [0.15, 0.2) is 11.1 Å². The zero-order valence-corrected chi connectivity index (χ0v) is 10.2. The molecule has 0 fully saturated rings. The molecule has 0 saturated carbocycles. The molecule has 0 unspecified atom stereocenters. The molecule has 8 heteroatoms. The lowest BCUT2D eigenvalue weighted by Crippen LogP contribution is -2.33. The monoisotopic (exact) mass is 247 g/mol. The number of aromatic nitrogens is 2. The molecule has 0 aromatic carbocycles. The van der Waals surface area contributed by atoms with Gasteiger partial charge in [-0.15, -0.1) is 0 Å². The molecule has 16 heavy (non-hydrogen) atoms. The lowest BCUT2D eigenvalue weighted by molar-refractivity contribution is 0.358. The van der Waals surface area contributed by atoms with E-state index in [1.54, 1.807) is 0 Å². The number of anilines is 1. The van der Waals surface area contributed by atoms with Crippen molar-refractivity contribution in [2.45, 2.75) is 11.8 Å². The Labute approximate surface area is 95.1 Å². The van der Waals surface area contributed by atoms with Crippen LogP contribution in [0.2, 0.25) is 0 Å². The molecule has 0 radical (unpaired) electrons. The van der Waals surface area contributed by atoms with Crippen LogP contribution in [-0.4, -0.2) is 50.2 Å². The zero-order valence-electron chi connectivity index (χ0n) is 9.40. The van der Waals surface area contributed by atoms with Crippen LogP contribution in [0.3, 0.4) is 0 Å². The van der Waals surface area contributed by atoms with Crippen LogP contribution in [0.5, 0.6) is 0 Å². The van der Waals surface area contributed by atoms with E-state index in [1.165, 1.54) is 6.20 Å². The van der Waals surface area contributed by atoms with Crippen molar-refractivity contribution >= 4 is 15.8 Å². The Morgan fingerprint density at radius 1 is 1.62 bits per heavy atom. The van der Waals surface area contributed by atoms with Crippen LogP contribution in [0.1, 0.15) is 6.92 Å². The Morgan fingerprint density at radius 2 is 2.31 bits per heavy atom. The van der Waals surface area contributed by atoms with Crippen LogP contribution in [0, 0.1) is 0 Å². The van der Waals surface area contributed by atoms with Crippen molar-refractivity contribution in [3.8, 4) is 0 Å². The van der Waals surface area contributed by atoms with E-state index in [0.717, 1.165) is 6.54 Å². The molecule has 0 aliphatic heterocycles. The summed E-state index contributed by atoms with van der Waals surface area (Å²) in [5.41, 5.74) is 5.44. The number of H-pyrrole nitrogens is 1. The fraction of sp³-hybridized carbons (Fsp3) is 0.625. The Hall–Kier alpha value is -1.12. The smallest absolute Gasteiger partial charge is 0.245 e. The van der Waals surface area contributed by atoms with Crippen molar-refractivity contribution < 1.29 is 8.42 Å². The second-order valence-electron chi connectivity index (χ2n) is 3.44. The van der Waals surface area contributed by atoms with Crippen molar-refractivity contribution in [2.75, 3.05) is 32.4 Å². The minimum absolute atomic E-state index is 0.00773. The van der Waals surface area contributed by atoms with E-state index in [-0.39, 0.29) is 10.7 Å². The first-order chi connectivity index (χ1) is 7.47.